The number of hydrogen-bond donors (Lipinski definition) is 1. The summed E-state index contributed by atoms with van der Waals surface area (Å²) in [5.74, 6) is 0.915. The Kier molecular flexibility index (Phi) is 3.85. The second kappa shape index (κ2) is 5.76. The average molecular weight is 273 g/mol. The lowest BCUT2D eigenvalue weighted by atomic mass is 10.2. The maximum absolute atomic E-state index is 5.16. The van der Waals surface area contributed by atoms with E-state index in [1.54, 1.807) is 17.6 Å². The van der Waals surface area contributed by atoms with E-state index in [-0.39, 0.29) is 0 Å². The molecule has 2 nitrogen and oxygen atoms in total. The smallest absolute Gasteiger partial charge is 0.118 e. The molecule has 0 fully saturated rings. The molecule has 1 heterocycles. The van der Waals surface area contributed by atoms with E-state index in [2.05, 4.69) is 23.5 Å². The van der Waals surface area contributed by atoms with Crippen molar-refractivity contribution in [2.75, 3.05) is 7.11 Å². The van der Waals surface area contributed by atoms with Gasteiger partial charge in [0.2, 0.25) is 0 Å². The van der Waals surface area contributed by atoms with Crippen LogP contribution in [0, 0.1) is 0 Å². The zero-order chi connectivity index (χ0) is 13.1. The third-order valence-corrected chi connectivity index (χ3v) is 4.82. The molecule has 19 heavy (non-hydrogen) atoms. The fourth-order valence-electron chi connectivity index (χ4n) is 2.55. The Labute approximate surface area is 118 Å². The van der Waals surface area contributed by atoms with E-state index in [4.69, 9.17) is 4.74 Å². The summed E-state index contributed by atoms with van der Waals surface area (Å²) in [5.41, 5.74) is 2.89. The number of benzene rings is 1. The second-order valence-electron chi connectivity index (χ2n) is 4.97. The predicted octanol–water partition coefficient (Wildman–Crippen LogP) is 3.54. The summed E-state index contributed by atoms with van der Waals surface area (Å²) in [5, 5.41) is 3.51. The molecule has 0 radical (unpaired) electrons. The molecule has 0 spiro atoms. The molecule has 2 aromatic rings. The van der Waals surface area contributed by atoms with Gasteiger partial charge in [0, 0.05) is 22.8 Å². The van der Waals surface area contributed by atoms with Gasteiger partial charge in [0.15, 0.2) is 0 Å². The molecule has 1 aliphatic rings. The van der Waals surface area contributed by atoms with E-state index in [1.165, 1.54) is 29.7 Å². The van der Waals surface area contributed by atoms with Crippen molar-refractivity contribution in [1.82, 2.24) is 5.32 Å². The van der Waals surface area contributed by atoms with Gasteiger partial charge >= 0.3 is 0 Å². The van der Waals surface area contributed by atoms with Crippen LogP contribution in [0.5, 0.6) is 5.75 Å². The molecule has 0 amide bonds. The quantitative estimate of drug-likeness (QED) is 0.899. The van der Waals surface area contributed by atoms with E-state index < -0.39 is 0 Å². The van der Waals surface area contributed by atoms with Crippen LogP contribution in [0.1, 0.15) is 27.3 Å². The minimum Gasteiger partial charge on any atom is -0.497 e. The Morgan fingerprint density at radius 1 is 1.16 bits per heavy atom. The fourth-order valence-corrected chi connectivity index (χ4v) is 3.78. The van der Waals surface area contributed by atoms with Crippen molar-refractivity contribution in [2.24, 2.45) is 0 Å². The van der Waals surface area contributed by atoms with E-state index >= 15 is 0 Å². The van der Waals surface area contributed by atoms with Gasteiger partial charge in [0.25, 0.3) is 0 Å². The number of methoxy groups -OCH3 is 1. The summed E-state index contributed by atoms with van der Waals surface area (Å²) in [6, 6.07) is 10.6. The Morgan fingerprint density at radius 2 is 2.00 bits per heavy atom. The van der Waals surface area contributed by atoms with Gasteiger partial charge in [-0.15, -0.1) is 11.3 Å². The van der Waals surface area contributed by atoms with Crippen molar-refractivity contribution >= 4 is 11.3 Å². The Bertz CT molecular complexity index is 523. The number of hydrogen-bond acceptors (Lipinski definition) is 3. The van der Waals surface area contributed by atoms with Crippen LogP contribution in [0.25, 0.3) is 0 Å². The highest BCUT2D eigenvalue weighted by Crippen LogP contribution is 2.30. The van der Waals surface area contributed by atoms with Gasteiger partial charge in [-0.3, -0.25) is 0 Å². The van der Waals surface area contributed by atoms with Crippen molar-refractivity contribution < 1.29 is 4.74 Å². The third kappa shape index (κ3) is 2.99. The van der Waals surface area contributed by atoms with Crippen LogP contribution in [0.3, 0.4) is 0 Å². The van der Waals surface area contributed by atoms with Crippen LogP contribution < -0.4 is 10.1 Å². The highest BCUT2D eigenvalue weighted by atomic mass is 32.1. The van der Waals surface area contributed by atoms with Crippen LogP contribution in [0.2, 0.25) is 0 Å². The molecular formula is C16H19NOS. The van der Waals surface area contributed by atoms with E-state index in [9.17, 15) is 0 Å². The summed E-state index contributed by atoms with van der Waals surface area (Å²) in [4.78, 5) is 3.08. The van der Waals surface area contributed by atoms with Crippen LogP contribution in [-0.4, -0.2) is 7.11 Å². The molecule has 1 aliphatic carbocycles. The van der Waals surface area contributed by atoms with E-state index in [0.29, 0.717) is 0 Å². The van der Waals surface area contributed by atoms with Crippen molar-refractivity contribution in [3.8, 4) is 5.75 Å². The molecule has 100 valence electrons. The van der Waals surface area contributed by atoms with Gasteiger partial charge in [-0.2, -0.15) is 0 Å². The molecule has 0 bridgehead atoms. The number of thiophene rings is 1. The normalized spacial score (nSPS) is 13.5. The first kappa shape index (κ1) is 12.7. The fraction of sp³-hybridized carbons (Fsp3) is 0.375. The molecule has 0 saturated heterocycles. The zero-order valence-corrected chi connectivity index (χ0v) is 12.1. The molecule has 3 heteroatoms. The van der Waals surface area contributed by atoms with Gasteiger partial charge in [-0.05, 0) is 48.6 Å². The van der Waals surface area contributed by atoms with Crippen LogP contribution >= 0.6 is 11.3 Å². The summed E-state index contributed by atoms with van der Waals surface area (Å²) >= 11 is 1.98. The average Bonchev–Trinajstić information content (AvgIpc) is 3.00. The molecule has 1 aromatic carbocycles. The lowest BCUT2D eigenvalue weighted by molar-refractivity contribution is 0.414. The SMILES string of the molecule is COc1ccc(CNCc2cc3c(s2)CCC3)cc1. The molecule has 3 rings (SSSR count). The first-order valence-corrected chi connectivity index (χ1v) is 7.61. The standard InChI is InChI=1S/C16H19NOS/c1-18-14-7-5-12(6-8-14)10-17-11-15-9-13-3-2-4-16(13)19-15/h5-9,17H,2-4,10-11H2,1H3. The Hall–Kier alpha value is -1.32. The zero-order valence-electron chi connectivity index (χ0n) is 11.2. The Balaban J connectivity index is 1.51. The summed E-state index contributed by atoms with van der Waals surface area (Å²) < 4.78 is 5.16. The Morgan fingerprint density at radius 3 is 2.74 bits per heavy atom. The maximum Gasteiger partial charge on any atom is 0.118 e. The molecular weight excluding hydrogens is 254 g/mol. The predicted molar refractivity (Wildman–Crippen MR) is 79.9 cm³/mol. The van der Waals surface area contributed by atoms with Gasteiger partial charge < -0.3 is 10.1 Å². The van der Waals surface area contributed by atoms with Gasteiger partial charge in [-0.25, -0.2) is 0 Å². The molecule has 0 unspecified atom stereocenters. The number of rotatable bonds is 5. The van der Waals surface area contributed by atoms with Crippen molar-refractivity contribution in [3.05, 3.63) is 51.2 Å². The maximum atomic E-state index is 5.16. The molecule has 0 saturated carbocycles. The van der Waals surface area contributed by atoms with Gasteiger partial charge in [-0.1, -0.05) is 12.1 Å². The van der Waals surface area contributed by atoms with Crippen molar-refractivity contribution in [1.29, 1.82) is 0 Å². The van der Waals surface area contributed by atoms with E-state index in [0.717, 1.165) is 18.8 Å². The molecule has 0 atom stereocenters. The van der Waals surface area contributed by atoms with E-state index in [1.807, 2.05) is 23.5 Å². The number of fused-ring (bicyclic) bond motifs is 1. The second-order valence-corrected chi connectivity index (χ2v) is 6.19. The minimum atomic E-state index is 0.909. The highest BCUT2D eigenvalue weighted by Gasteiger charge is 2.14. The monoisotopic (exact) mass is 273 g/mol. The number of nitrogens with one attached hydrogen (secondary N) is 1. The van der Waals surface area contributed by atoms with Crippen LogP contribution in [-0.2, 0) is 25.9 Å². The lowest BCUT2D eigenvalue weighted by Gasteiger charge is -2.05. The minimum absolute atomic E-state index is 0.909. The highest BCUT2D eigenvalue weighted by molar-refractivity contribution is 7.12. The molecule has 1 N–H and O–H groups in total. The number of ether oxygens (including phenoxy) is 1. The van der Waals surface area contributed by atoms with Gasteiger partial charge in [0.05, 0.1) is 7.11 Å². The van der Waals surface area contributed by atoms with Crippen LogP contribution in [0.4, 0.5) is 0 Å². The third-order valence-electron chi connectivity index (χ3n) is 3.59. The first-order chi connectivity index (χ1) is 9.35. The van der Waals surface area contributed by atoms with Crippen LogP contribution in [0.15, 0.2) is 30.3 Å². The largest absolute Gasteiger partial charge is 0.497 e. The molecule has 0 aliphatic heterocycles. The van der Waals surface area contributed by atoms with Crippen molar-refractivity contribution in [3.63, 3.8) is 0 Å². The summed E-state index contributed by atoms with van der Waals surface area (Å²) in [6.45, 7) is 1.89. The molecule has 1 aromatic heterocycles. The lowest BCUT2D eigenvalue weighted by Crippen LogP contribution is -2.11. The number of aryl methyl sites for hydroxylation is 2. The first-order valence-electron chi connectivity index (χ1n) is 6.79. The van der Waals surface area contributed by atoms with Gasteiger partial charge in [0.1, 0.15) is 5.75 Å². The summed E-state index contributed by atoms with van der Waals surface area (Å²) in [6.07, 6.45) is 3.92. The van der Waals surface area contributed by atoms with Crippen molar-refractivity contribution in [2.45, 2.75) is 32.4 Å². The summed E-state index contributed by atoms with van der Waals surface area (Å²) in [7, 11) is 1.70. The topological polar surface area (TPSA) is 21.3 Å².